The van der Waals surface area contributed by atoms with Gasteiger partial charge in [-0.1, -0.05) is 0 Å². The molecule has 0 aliphatic carbocycles. The minimum Gasteiger partial charge on any atom is -0.465 e. The number of nitrogens with one attached hydrogen (secondary N) is 2. The lowest BCUT2D eigenvalue weighted by Gasteiger charge is -2.35. The fraction of sp³-hybridized carbons (Fsp3) is 0.440. The van der Waals surface area contributed by atoms with Gasteiger partial charge in [0, 0.05) is 70.2 Å². The molecule has 2 amide bonds. The molecule has 2 aliphatic rings. The van der Waals surface area contributed by atoms with Crippen molar-refractivity contribution < 1.29 is 19.1 Å². The molecule has 190 valence electrons. The predicted octanol–water partition coefficient (Wildman–Crippen LogP) is 3.12. The van der Waals surface area contributed by atoms with Gasteiger partial charge >= 0.3 is 6.09 Å². The molecule has 3 N–H and O–H groups in total. The van der Waals surface area contributed by atoms with E-state index in [2.05, 4.69) is 37.6 Å². The van der Waals surface area contributed by atoms with E-state index >= 15 is 0 Å². The van der Waals surface area contributed by atoms with E-state index in [1.54, 1.807) is 13.2 Å². The number of carbonyl (C=O) groups is 2. The third-order valence-corrected chi connectivity index (χ3v) is 6.96. The summed E-state index contributed by atoms with van der Waals surface area (Å²) in [6.07, 6.45) is 2.39. The number of rotatable bonds is 6. The summed E-state index contributed by atoms with van der Waals surface area (Å²) in [6, 6.07) is 9.99. The second-order valence-corrected chi connectivity index (χ2v) is 9.29. The molecule has 2 aliphatic heterocycles. The van der Waals surface area contributed by atoms with Gasteiger partial charge in [0.15, 0.2) is 11.4 Å². The molecule has 2 fully saturated rings. The summed E-state index contributed by atoms with van der Waals surface area (Å²) in [5.74, 6) is 1.68. The Morgan fingerprint density at radius 1 is 1.00 bits per heavy atom. The van der Waals surface area contributed by atoms with Crippen LogP contribution in [0.15, 0.2) is 41.0 Å². The Morgan fingerprint density at radius 2 is 1.72 bits per heavy atom. The number of furan rings is 1. The van der Waals surface area contributed by atoms with Crippen molar-refractivity contribution >= 4 is 46.2 Å². The number of amides is 2. The number of carboxylic acid groups (broad SMARTS) is 1. The Labute approximate surface area is 209 Å². The Bertz CT molecular complexity index is 1210. The van der Waals surface area contributed by atoms with Gasteiger partial charge in [-0.2, -0.15) is 4.98 Å². The van der Waals surface area contributed by atoms with Crippen molar-refractivity contribution in [3.8, 4) is 0 Å². The van der Waals surface area contributed by atoms with Gasteiger partial charge in [0.05, 0.1) is 6.26 Å². The summed E-state index contributed by atoms with van der Waals surface area (Å²) < 4.78 is 5.70. The highest BCUT2D eigenvalue weighted by atomic mass is 16.4. The minimum absolute atomic E-state index is 0.128. The van der Waals surface area contributed by atoms with Crippen LogP contribution in [0.4, 0.5) is 27.9 Å². The average Bonchev–Trinajstić information content (AvgIpc) is 3.37. The van der Waals surface area contributed by atoms with Crippen molar-refractivity contribution in [1.82, 2.24) is 20.2 Å². The van der Waals surface area contributed by atoms with Crippen LogP contribution in [0.3, 0.4) is 0 Å². The first kappa shape index (κ1) is 23.7. The van der Waals surface area contributed by atoms with E-state index in [1.807, 2.05) is 23.1 Å². The van der Waals surface area contributed by atoms with Crippen LogP contribution in [0, 0.1) is 5.92 Å². The largest absolute Gasteiger partial charge is 0.465 e. The molecule has 3 aromatic rings. The van der Waals surface area contributed by atoms with Crippen LogP contribution >= 0.6 is 0 Å². The highest BCUT2D eigenvalue weighted by Crippen LogP contribution is 2.31. The van der Waals surface area contributed by atoms with E-state index in [4.69, 9.17) is 14.5 Å². The molecule has 0 spiro atoms. The molecule has 5 rings (SSSR count). The van der Waals surface area contributed by atoms with Crippen LogP contribution in [0.5, 0.6) is 0 Å². The summed E-state index contributed by atoms with van der Waals surface area (Å²) in [5.41, 5.74) is 3.39. The van der Waals surface area contributed by atoms with Gasteiger partial charge in [-0.25, -0.2) is 9.78 Å². The number of fused-ring (bicyclic) bond motifs is 1. The van der Waals surface area contributed by atoms with E-state index in [1.165, 1.54) is 0 Å². The highest BCUT2D eigenvalue weighted by molar-refractivity contribution is 5.85. The number of hydrogen-bond donors (Lipinski definition) is 3. The highest BCUT2D eigenvalue weighted by Gasteiger charge is 2.24. The fourth-order valence-corrected chi connectivity index (χ4v) is 4.86. The SMILES string of the molecule is CC(=O)N1CCN(c2ccc(Nc3nc(N4CCC(CNC(=O)O)CC4)c4occc4n3)cc2)CC1. The van der Waals surface area contributed by atoms with Gasteiger partial charge in [-0.3, -0.25) is 4.79 Å². The zero-order chi connectivity index (χ0) is 25.1. The van der Waals surface area contributed by atoms with E-state index in [0.717, 1.165) is 74.8 Å². The Balaban J connectivity index is 1.26. The number of benzene rings is 1. The van der Waals surface area contributed by atoms with E-state index < -0.39 is 6.09 Å². The molecule has 11 nitrogen and oxygen atoms in total. The Kier molecular flexibility index (Phi) is 6.79. The third-order valence-electron chi connectivity index (χ3n) is 6.96. The van der Waals surface area contributed by atoms with Crippen LogP contribution in [-0.2, 0) is 4.79 Å². The number of anilines is 4. The molecular weight excluding hydrogens is 462 g/mol. The van der Waals surface area contributed by atoms with Crippen LogP contribution in [0.2, 0.25) is 0 Å². The van der Waals surface area contributed by atoms with Crippen molar-refractivity contribution in [2.45, 2.75) is 19.8 Å². The van der Waals surface area contributed by atoms with E-state index in [0.29, 0.717) is 24.0 Å². The lowest BCUT2D eigenvalue weighted by atomic mass is 9.97. The third kappa shape index (κ3) is 5.29. The van der Waals surface area contributed by atoms with Gasteiger partial charge in [-0.05, 0) is 43.0 Å². The maximum Gasteiger partial charge on any atom is 0.404 e. The quantitative estimate of drug-likeness (QED) is 0.475. The van der Waals surface area contributed by atoms with Crippen molar-refractivity contribution in [3.63, 3.8) is 0 Å². The maximum atomic E-state index is 11.6. The second-order valence-electron chi connectivity index (χ2n) is 9.29. The van der Waals surface area contributed by atoms with E-state index in [9.17, 15) is 9.59 Å². The van der Waals surface area contributed by atoms with Gasteiger partial charge in [0.25, 0.3) is 0 Å². The summed E-state index contributed by atoms with van der Waals surface area (Å²) in [7, 11) is 0. The average molecular weight is 494 g/mol. The van der Waals surface area contributed by atoms with Crippen LogP contribution < -0.4 is 20.4 Å². The topological polar surface area (TPSA) is 127 Å². The summed E-state index contributed by atoms with van der Waals surface area (Å²) in [4.78, 5) is 38.1. The van der Waals surface area contributed by atoms with Gasteiger partial charge < -0.3 is 34.9 Å². The first-order chi connectivity index (χ1) is 17.5. The number of piperazine rings is 1. The summed E-state index contributed by atoms with van der Waals surface area (Å²) in [5, 5.41) is 14.7. The Morgan fingerprint density at radius 3 is 2.39 bits per heavy atom. The van der Waals surface area contributed by atoms with Crippen molar-refractivity contribution in [3.05, 3.63) is 36.6 Å². The van der Waals surface area contributed by atoms with Gasteiger partial charge in [0.2, 0.25) is 11.9 Å². The standard InChI is InChI=1S/C25H31N7O4/c1-17(33)30-11-13-31(14-12-30)20-4-2-19(3-5-20)27-24-28-21-8-15-36-22(21)23(29-24)32-9-6-18(7-10-32)16-26-25(34)35/h2-5,8,15,18,26H,6-7,9-14,16H2,1H3,(H,34,35)(H,27,28,29). The lowest BCUT2D eigenvalue weighted by Crippen LogP contribution is -2.48. The second kappa shape index (κ2) is 10.3. The molecule has 1 aromatic carbocycles. The molecule has 0 unspecified atom stereocenters. The molecule has 0 atom stereocenters. The van der Waals surface area contributed by atoms with Crippen LogP contribution in [0.25, 0.3) is 11.1 Å². The first-order valence-corrected chi connectivity index (χ1v) is 12.3. The summed E-state index contributed by atoms with van der Waals surface area (Å²) in [6.45, 7) is 6.74. The zero-order valence-corrected chi connectivity index (χ0v) is 20.3. The van der Waals surface area contributed by atoms with Crippen molar-refractivity contribution in [2.24, 2.45) is 5.92 Å². The molecule has 0 saturated carbocycles. The normalized spacial score (nSPS) is 16.9. The smallest absolute Gasteiger partial charge is 0.404 e. The molecule has 0 radical (unpaired) electrons. The molecule has 11 heteroatoms. The number of aromatic nitrogens is 2. The number of hydrogen-bond acceptors (Lipinski definition) is 8. The maximum absolute atomic E-state index is 11.6. The summed E-state index contributed by atoms with van der Waals surface area (Å²) >= 11 is 0. The number of carbonyl (C=O) groups excluding carboxylic acids is 1. The zero-order valence-electron chi connectivity index (χ0n) is 20.3. The van der Waals surface area contributed by atoms with Gasteiger partial charge in [-0.15, -0.1) is 0 Å². The molecule has 4 heterocycles. The lowest BCUT2D eigenvalue weighted by molar-refractivity contribution is -0.129. The predicted molar refractivity (Wildman–Crippen MR) is 137 cm³/mol. The van der Waals surface area contributed by atoms with Crippen LogP contribution in [-0.4, -0.2) is 77.8 Å². The molecule has 0 bridgehead atoms. The van der Waals surface area contributed by atoms with Crippen molar-refractivity contribution in [1.29, 1.82) is 0 Å². The van der Waals surface area contributed by atoms with Crippen molar-refractivity contribution in [2.75, 3.05) is 60.9 Å². The molecule has 2 aromatic heterocycles. The van der Waals surface area contributed by atoms with E-state index in [-0.39, 0.29) is 5.91 Å². The number of piperidine rings is 1. The van der Waals surface area contributed by atoms with Gasteiger partial charge in [0.1, 0.15) is 5.52 Å². The fourth-order valence-electron chi connectivity index (χ4n) is 4.86. The monoisotopic (exact) mass is 493 g/mol. The number of nitrogens with zero attached hydrogens (tertiary/aromatic N) is 5. The molecule has 36 heavy (non-hydrogen) atoms. The Hall–Kier alpha value is -4.02. The first-order valence-electron chi connectivity index (χ1n) is 12.3. The molecule has 2 saturated heterocycles. The molecular formula is C25H31N7O4. The minimum atomic E-state index is -0.982. The van der Waals surface area contributed by atoms with Crippen LogP contribution in [0.1, 0.15) is 19.8 Å².